The Bertz CT molecular complexity index is 353. The smallest absolute Gasteiger partial charge is 0.348 e. The third-order valence-corrected chi connectivity index (χ3v) is 3.84. The van der Waals surface area contributed by atoms with Crippen LogP contribution in [0.2, 0.25) is 0 Å². The summed E-state index contributed by atoms with van der Waals surface area (Å²) < 4.78 is 10.3. The van der Waals surface area contributed by atoms with Gasteiger partial charge in [0.05, 0.1) is 0 Å². The minimum absolute atomic E-state index is 0.223. The van der Waals surface area contributed by atoms with E-state index in [0.717, 1.165) is 12.8 Å². The van der Waals surface area contributed by atoms with E-state index in [1.165, 1.54) is 44.9 Å². The van der Waals surface area contributed by atoms with Gasteiger partial charge in [-0.3, -0.25) is 0 Å². The number of rotatable bonds is 10. The van der Waals surface area contributed by atoms with Gasteiger partial charge >= 0.3 is 11.9 Å². The van der Waals surface area contributed by atoms with Crippen LogP contribution >= 0.6 is 0 Å². The predicted octanol–water partition coefficient (Wildman–Crippen LogP) is 4.28. The first-order valence-electron chi connectivity index (χ1n) is 8.14. The molecule has 0 spiro atoms. The van der Waals surface area contributed by atoms with Crippen LogP contribution in [-0.2, 0) is 19.1 Å². The van der Waals surface area contributed by atoms with E-state index in [2.05, 4.69) is 13.5 Å². The standard InChI is InChI=1S/C17H28O4/c1-4-5-6-7-8-9-10-11-12-13-17(3)20-15(18)14(2)16(19)21-17/h2,4-13H2,1,3H3. The second kappa shape index (κ2) is 8.85. The number of cyclic esters (lactones) is 2. The second-order valence-electron chi connectivity index (χ2n) is 5.97. The first-order valence-corrected chi connectivity index (χ1v) is 8.14. The Balaban J connectivity index is 2.11. The SMILES string of the molecule is C=C1C(=O)OC(C)(CCCCCCCCCCC)OC1=O. The largest absolute Gasteiger partial charge is 0.419 e. The summed E-state index contributed by atoms with van der Waals surface area (Å²) in [7, 11) is 0. The Labute approximate surface area is 127 Å². The summed E-state index contributed by atoms with van der Waals surface area (Å²) in [4.78, 5) is 22.9. The van der Waals surface area contributed by atoms with E-state index in [1.807, 2.05) is 0 Å². The molecule has 0 saturated carbocycles. The molecule has 0 aliphatic carbocycles. The van der Waals surface area contributed by atoms with Crippen molar-refractivity contribution in [1.29, 1.82) is 0 Å². The maximum absolute atomic E-state index is 11.5. The van der Waals surface area contributed by atoms with Crippen LogP contribution in [0.1, 0.15) is 78.1 Å². The topological polar surface area (TPSA) is 52.6 Å². The molecule has 0 unspecified atom stereocenters. The van der Waals surface area contributed by atoms with Crippen molar-refractivity contribution in [2.45, 2.75) is 83.8 Å². The first-order chi connectivity index (χ1) is 9.98. The Morgan fingerprint density at radius 2 is 1.29 bits per heavy atom. The van der Waals surface area contributed by atoms with Gasteiger partial charge in [0.2, 0.25) is 0 Å². The zero-order valence-corrected chi connectivity index (χ0v) is 13.4. The minimum atomic E-state index is -1.11. The molecule has 0 radical (unpaired) electrons. The molecule has 0 aromatic heterocycles. The van der Waals surface area contributed by atoms with Crippen molar-refractivity contribution < 1.29 is 19.1 Å². The molecule has 21 heavy (non-hydrogen) atoms. The molecule has 1 saturated heterocycles. The Morgan fingerprint density at radius 3 is 1.76 bits per heavy atom. The van der Waals surface area contributed by atoms with Crippen molar-refractivity contribution in [3.05, 3.63) is 12.2 Å². The summed E-state index contributed by atoms with van der Waals surface area (Å²) in [6.07, 6.45) is 11.5. The summed E-state index contributed by atoms with van der Waals surface area (Å²) >= 11 is 0. The summed E-state index contributed by atoms with van der Waals surface area (Å²) in [6, 6.07) is 0. The fourth-order valence-corrected chi connectivity index (χ4v) is 2.48. The van der Waals surface area contributed by atoms with Gasteiger partial charge in [-0.1, -0.05) is 64.9 Å². The average Bonchev–Trinajstić information content (AvgIpc) is 2.43. The van der Waals surface area contributed by atoms with E-state index in [-0.39, 0.29) is 5.57 Å². The van der Waals surface area contributed by atoms with Crippen LogP contribution in [0.25, 0.3) is 0 Å². The van der Waals surface area contributed by atoms with Gasteiger partial charge in [0, 0.05) is 13.3 Å². The Hall–Kier alpha value is -1.32. The monoisotopic (exact) mass is 296 g/mol. The molecular formula is C17H28O4. The molecule has 4 nitrogen and oxygen atoms in total. The Morgan fingerprint density at radius 1 is 0.857 bits per heavy atom. The summed E-state index contributed by atoms with van der Waals surface area (Å²) in [6.45, 7) is 7.21. The molecule has 0 N–H and O–H groups in total. The lowest BCUT2D eigenvalue weighted by Gasteiger charge is -2.33. The zero-order valence-electron chi connectivity index (χ0n) is 13.4. The highest BCUT2D eigenvalue weighted by atomic mass is 16.7. The van der Waals surface area contributed by atoms with Crippen LogP contribution in [-0.4, -0.2) is 17.7 Å². The van der Waals surface area contributed by atoms with Crippen LogP contribution in [0.15, 0.2) is 12.2 Å². The number of ether oxygens (including phenoxy) is 2. The van der Waals surface area contributed by atoms with Crippen molar-refractivity contribution in [2.75, 3.05) is 0 Å². The highest BCUT2D eigenvalue weighted by Gasteiger charge is 2.40. The van der Waals surface area contributed by atoms with Gasteiger partial charge in [-0.25, -0.2) is 9.59 Å². The number of carbonyl (C=O) groups is 2. The molecule has 1 rings (SSSR count). The first kappa shape index (κ1) is 17.7. The van der Waals surface area contributed by atoms with Gasteiger partial charge in [0.1, 0.15) is 5.57 Å². The fourth-order valence-electron chi connectivity index (χ4n) is 2.48. The van der Waals surface area contributed by atoms with Gasteiger partial charge in [0.25, 0.3) is 5.79 Å². The Kier molecular flexibility index (Phi) is 7.48. The van der Waals surface area contributed by atoms with Gasteiger partial charge in [-0.05, 0) is 6.42 Å². The van der Waals surface area contributed by atoms with Crippen LogP contribution in [0.4, 0.5) is 0 Å². The molecule has 1 aliphatic heterocycles. The van der Waals surface area contributed by atoms with Gasteiger partial charge < -0.3 is 9.47 Å². The molecule has 120 valence electrons. The van der Waals surface area contributed by atoms with E-state index in [0.29, 0.717) is 6.42 Å². The average molecular weight is 296 g/mol. The van der Waals surface area contributed by atoms with Gasteiger partial charge in [-0.15, -0.1) is 0 Å². The molecule has 1 fully saturated rings. The van der Waals surface area contributed by atoms with Gasteiger partial charge in [0.15, 0.2) is 0 Å². The molecule has 0 bridgehead atoms. The number of esters is 2. The lowest BCUT2D eigenvalue weighted by molar-refractivity contribution is -0.231. The van der Waals surface area contributed by atoms with Crippen molar-refractivity contribution >= 4 is 11.9 Å². The maximum Gasteiger partial charge on any atom is 0.348 e. The molecule has 1 heterocycles. The number of hydrogen-bond donors (Lipinski definition) is 0. The van der Waals surface area contributed by atoms with Crippen LogP contribution in [0, 0.1) is 0 Å². The molecular weight excluding hydrogens is 268 g/mol. The second-order valence-corrected chi connectivity index (χ2v) is 5.97. The van der Waals surface area contributed by atoms with E-state index in [9.17, 15) is 9.59 Å². The maximum atomic E-state index is 11.5. The van der Waals surface area contributed by atoms with E-state index < -0.39 is 17.7 Å². The third kappa shape index (κ3) is 6.32. The lowest BCUT2D eigenvalue weighted by Crippen LogP contribution is -2.43. The summed E-state index contributed by atoms with van der Waals surface area (Å²) in [5.74, 6) is -2.44. The van der Waals surface area contributed by atoms with E-state index >= 15 is 0 Å². The van der Waals surface area contributed by atoms with E-state index in [4.69, 9.17) is 9.47 Å². The molecule has 0 aromatic carbocycles. The molecule has 4 heteroatoms. The molecule has 0 amide bonds. The number of hydrogen-bond acceptors (Lipinski definition) is 4. The zero-order chi connectivity index (χ0) is 15.7. The quantitative estimate of drug-likeness (QED) is 0.261. The third-order valence-electron chi connectivity index (χ3n) is 3.84. The highest BCUT2D eigenvalue weighted by molar-refractivity contribution is 6.14. The van der Waals surface area contributed by atoms with Crippen molar-refractivity contribution in [1.82, 2.24) is 0 Å². The van der Waals surface area contributed by atoms with Crippen LogP contribution < -0.4 is 0 Å². The van der Waals surface area contributed by atoms with Crippen molar-refractivity contribution in [3.8, 4) is 0 Å². The summed E-state index contributed by atoms with van der Waals surface area (Å²) in [5, 5.41) is 0. The molecule has 0 aromatic rings. The summed E-state index contributed by atoms with van der Waals surface area (Å²) in [5.41, 5.74) is -0.223. The van der Waals surface area contributed by atoms with Crippen LogP contribution in [0.3, 0.4) is 0 Å². The predicted molar refractivity (Wildman–Crippen MR) is 81.6 cm³/mol. The van der Waals surface area contributed by atoms with Crippen molar-refractivity contribution in [2.24, 2.45) is 0 Å². The highest BCUT2D eigenvalue weighted by Crippen LogP contribution is 2.28. The minimum Gasteiger partial charge on any atom is -0.419 e. The van der Waals surface area contributed by atoms with Crippen molar-refractivity contribution in [3.63, 3.8) is 0 Å². The lowest BCUT2D eigenvalue weighted by atomic mass is 10.0. The molecule has 1 aliphatic rings. The molecule has 0 atom stereocenters. The van der Waals surface area contributed by atoms with E-state index in [1.54, 1.807) is 6.92 Å². The number of carbonyl (C=O) groups excluding carboxylic acids is 2. The number of unbranched alkanes of at least 4 members (excludes halogenated alkanes) is 8. The van der Waals surface area contributed by atoms with Gasteiger partial charge in [-0.2, -0.15) is 0 Å². The fraction of sp³-hybridized carbons (Fsp3) is 0.765. The van der Waals surface area contributed by atoms with Crippen LogP contribution in [0.5, 0.6) is 0 Å². The normalized spacial score (nSPS) is 17.5.